The lowest BCUT2D eigenvalue weighted by molar-refractivity contribution is -0.385. The minimum absolute atomic E-state index is 0.0416. The molecule has 0 fully saturated rings. The van der Waals surface area contributed by atoms with E-state index >= 15 is 0 Å². The molecular weight excluding hydrogens is 494 g/mol. The van der Waals surface area contributed by atoms with Crippen LogP contribution in [0.4, 0.5) is 21.0 Å². The first-order valence-electron chi connectivity index (χ1n) is 11.0. The van der Waals surface area contributed by atoms with Gasteiger partial charge in [-0.3, -0.25) is 20.2 Å². The molecule has 0 saturated heterocycles. The van der Waals surface area contributed by atoms with E-state index in [1.165, 1.54) is 50.6 Å². The fraction of sp³-hybridized carbons (Fsp3) is 0.391. The molecular formula is C23H27N3O11. The summed E-state index contributed by atoms with van der Waals surface area (Å²) in [7, 11) is 2.70. The molecule has 2 aromatic carbocycles. The third-order valence-corrected chi connectivity index (χ3v) is 4.87. The van der Waals surface area contributed by atoms with Crippen LogP contribution in [-0.4, -0.2) is 49.0 Å². The minimum atomic E-state index is -1.07. The number of nitrogens with zero attached hydrogens (tertiary/aromatic N) is 2. The number of carbonyl (C=O) groups excluding carboxylic acids is 2. The molecule has 1 amide bonds. The van der Waals surface area contributed by atoms with E-state index in [1.807, 2.05) is 13.8 Å². The van der Waals surface area contributed by atoms with Gasteiger partial charge in [-0.05, 0) is 30.5 Å². The van der Waals surface area contributed by atoms with Crippen LogP contribution in [0.2, 0.25) is 0 Å². The summed E-state index contributed by atoms with van der Waals surface area (Å²) >= 11 is 0. The van der Waals surface area contributed by atoms with E-state index in [0.29, 0.717) is 6.42 Å². The number of amides is 1. The average molecular weight is 521 g/mol. The van der Waals surface area contributed by atoms with Gasteiger partial charge in [0.15, 0.2) is 11.5 Å². The van der Waals surface area contributed by atoms with Crippen LogP contribution in [0.25, 0.3) is 0 Å². The number of hydrogen-bond acceptors (Lipinski definition) is 11. The van der Waals surface area contributed by atoms with Crippen LogP contribution in [0.15, 0.2) is 36.4 Å². The van der Waals surface area contributed by atoms with Gasteiger partial charge in [0, 0.05) is 12.1 Å². The van der Waals surface area contributed by atoms with Crippen molar-refractivity contribution in [3.05, 3.63) is 62.2 Å². The Bertz CT molecular complexity index is 1120. The van der Waals surface area contributed by atoms with E-state index < -0.39 is 34.7 Å². The first kappa shape index (κ1) is 28.6. The number of ether oxygens (including phenoxy) is 5. The van der Waals surface area contributed by atoms with Crippen molar-refractivity contribution in [2.24, 2.45) is 5.92 Å². The largest absolute Gasteiger partial charge is 0.513 e. The molecule has 0 unspecified atom stereocenters. The normalized spacial score (nSPS) is 11.3. The molecule has 0 saturated carbocycles. The van der Waals surface area contributed by atoms with Gasteiger partial charge >= 0.3 is 12.2 Å². The molecule has 0 radical (unpaired) electrons. The number of nitro groups is 2. The van der Waals surface area contributed by atoms with Crippen molar-refractivity contribution in [1.29, 1.82) is 0 Å². The number of alkyl carbamates (subject to hydrolysis) is 1. The van der Waals surface area contributed by atoms with E-state index in [4.69, 9.17) is 23.7 Å². The molecule has 0 aliphatic rings. The van der Waals surface area contributed by atoms with Crippen molar-refractivity contribution in [1.82, 2.24) is 5.32 Å². The minimum Gasteiger partial charge on any atom is -0.493 e. The number of carbonyl (C=O) groups is 2. The van der Waals surface area contributed by atoms with Gasteiger partial charge in [0.1, 0.15) is 19.0 Å². The zero-order valence-electron chi connectivity index (χ0n) is 20.6. The Morgan fingerprint density at radius 1 is 0.946 bits per heavy atom. The number of methoxy groups -OCH3 is 2. The van der Waals surface area contributed by atoms with Gasteiger partial charge in [-0.2, -0.15) is 0 Å². The van der Waals surface area contributed by atoms with Crippen molar-refractivity contribution in [2.75, 3.05) is 20.8 Å². The number of hydrogen-bond donors (Lipinski definition) is 1. The second-order valence-electron chi connectivity index (χ2n) is 8.05. The van der Waals surface area contributed by atoms with Crippen molar-refractivity contribution < 1.29 is 43.1 Å². The summed E-state index contributed by atoms with van der Waals surface area (Å²) < 4.78 is 25.4. The number of non-ortho nitro benzene ring substituents is 1. The summed E-state index contributed by atoms with van der Waals surface area (Å²) in [4.78, 5) is 45.3. The highest BCUT2D eigenvalue weighted by Gasteiger charge is 2.22. The Morgan fingerprint density at radius 2 is 1.57 bits per heavy atom. The maximum Gasteiger partial charge on any atom is 0.513 e. The summed E-state index contributed by atoms with van der Waals surface area (Å²) in [5.74, 6) is 0.522. The Kier molecular flexibility index (Phi) is 10.4. The van der Waals surface area contributed by atoms with Crippen LogP contribution < -0.4 is 19.5 Å². The van der Waals surface area contributed by atoms with E-state index in [0.717, 1.165) is 0 Å². The van der Waals surface area contributed by atoms with Crippen molar-refractivity contribution >= 4 is 23.6 Å². The van der Waals surface area contributed by atoms with Gasteiger partial charge in [0.2, 0.25) is 0 Å². The Hall–Kier alpha value is -4.62. The fourth-order valence-corrected chi connectivity index (χ4v) is 3.22. The molecule has 0 heterocycles. The first-order chi connectivity index (χ1) is 17.5. The molecule has 37 heavy (non-hydrogen) atoms. The molecule has 1 N–H and O–H groups in total. The lowest BCUT2D eigenvalue weighted by Gasteiger charge is -2.20. The smallest absolute Gasteiger partial charge is 0.493 e. The highest BCUT2D eigenvalue weighted by Crippen LogP contribution is 2.34. The highest BCUT2D eigenvalue weighted by atomic mass is 16.7. The quantitative estimate of drug-likeness (QED) is 0.181. The zero-order chi connectivity index (χ0) is 27.5. The highest BCUT2D eigenvalue weighted by molar-refractivity contribution is 5.68. The summed E-state index contributed by atoms with van der Waals surface area (Å²) in [6, 6.07) is 6.68. The molecule has 0 aliphatic carbocycles. The number of benzene rings is 2. The molecule has 2 rings (SSSR count). The molecule has 14 nitrogen and oxygen atoms in total. The van der Waals surface area contributed by atoms with Crippen LogP contribution in [0.5, 0.6) is 17.2 Å². The van der Waals surface area contributed by atoms with Gasteiger partial charge in [-0.1, -0.05) is 13.8 Å². The second-order valence-corrected chi connectivity index (χ2v) is 8.05. The summed E-state index contributed by atoms with van der Waals surface area (Å²) in [6.07, 6.45) is -1.54. The predicted molar refractivity (Wildman–Crippen MR) is 128 cm³/mol. The van der Waals surface area contributed by atoms with E-state index in [9.17, 15) is 29.8 Å². The topological polar surface area (TPSA) is 179 Å². The summed E-state index contributed by atoms with van der Waals surface area (Å²) in [6.45, 7) is 3.10. The van der Waals surface area contributed by atoms with Gasteiger partial charge in [-0.25, -0.2) is 9.59 Å². The first-order valence-corrected chi connectivity index (χ1v) is 11.0. The predicted octanol–water partition coefficient (Wildman–Crippen LogP) is 4.38. The fourth-order valence-electron chi connectivity index (χ4n) is 3.22. The van der Waals surface area contributed by atoms with Crippen LogP contribution in [0.1, 0.15) is 25.8 Å². The number of nitrogens with one attached hydrogen (secondary N) is 1. The van der Waals surface area contributed by atoms with Crippen molar-refractivity contribution in [3.63, 3.8) is 0 Å². The van der Waals surface area contributed by atoms with Crippen LogP contribution in [0, 0.1) is 26.1 Å². The maximum atomic E-state index is 12.4. The molecule has 1 atom stereocenters. The molecule has 0 aromatic heterocycles. The van der Waals surface area contributed by atoms with Gasteiger partial charge in [0.25, 0.3) is 11.4 Å². The summed E-state index contributed by atoms with van der Waals surface area (Å²) in [5, 5.41) is 24.7. The monoisotopic (exact) mass is 521 g/mol. The Balaban J connectivity index is 1.97. The van der Waals surface area contributed by atoms with Crippen LogP contribution in [-0.2, 0) is 16.1 Å². The Labute approximate surface area is 211 Å². The number of nitro benzene ring substituents is 2. The maximum absolute atomic E-state index is 12.4. The van der Waals surface area contributed by atoms with Crippen molar-refractivity contribution in [2.45, 2.75) is 32.9 Å². The Morgan fingerprint density at radius 3 is 2.11 bits per heavy atom. The van der Waals surface area contributed by atoms with E-state index in [-0.39, 0.29) is 46.7 Å². The van der Waals surface area contributed by atoms with E-state index in [1.54, 1.807) is 0 Å². The van der Waals surface area contributed by atoms with Crippen LogP contribution in [0.3, 0.4) is 0 Å². The lowest BCUT2D eigenvalue weighted by Crippen LogP contribution is -2.40. The molecule has 2 aromatic rings. The van der Waals surface area contributed by atoms with Crippen LogP contribution >= 0.6 is 0 Å². The molecule has 0 bridgehead atoms. The molecule has 200 valence electrons. The SMILES string of the molecule is COc1cc(COC(=O)N[C@H](COC(=O)Oc2ccc([N+](=O)[O-])cc2)CC(C)C)c([N+](=O)[O-])cc1OC. The summed E-state index contributed by atoms with van der Waals surface area (Å²) in [5.41, 5.74) is -0.401. The van der Waals surface area contributed by atoms with Gasteiger partial charge in [-0.15, -0.1) is 0 Å². The van der Waals surface area contributed by atoms with Gasteiger partial charge in [0.05, 0.1) is 41.7 Å². The standard InChI is InChI=1S/C23H27N3O11/c1-14(2)9-16(13-36-23(28)37-18-7-5-17(6-8-18)25(29)30)24-22(27)35-12-15-10-20(33-3)21(34-4)11-19(15)26(31)32/h5-8,10-11,14,16H,9,12-13H2,1-4H3,(H,24,27)/t16-/m0/s1. The lowest BCUT2D eigenvalue weighted by atomic mass is 10.0. The third-order valence-electron chi connectivity index (χ3n) is 4.87. The molecule has 0 spiro atoms. The third kappa shape index (κ3) is 8.83. The second kappa shape index (κ2) is 13.5. The van der Waals surface area contributed by atoms with E-state index in [2.05, 4.69) is 5.32 Å². The van der Waals surface area contributed by atoms with Crippen molar-refractivity contribution in [3.8, 4) is 17.2 Å². The number of rotatable bonds is 12. The molecule has 14 heteroatoms. The zero-order valence-corrected chi connectivity index (χ0v) is 20.6. The van der Waals surface area contributed by atoms with Gasteiger partial charge < -0.3 is 29.0 Å². The average Bonchev–Trinajstić information content (AvgIpc) is 2.85. The molecule has 0 aliphatic heterocycles.